The average molecular weight is 1600 g/mol. The predicted octanol–water partition coefficient (Wildman–Crippen LogP) is 16.7. The highest BCUT2D eigenvalue weighted by atomic mass is 19.1. The Morgan fingerprint density at radius 1 is 0.342 bits per heavy atom. The third-order valence-electron chi connectivity index (χ3n) is 22.2. The highest BCUT2D eigenvalue weighted by Gasteiger charge is 2.29. The van der Waals surface area contributed by atoms with Crippen molar-refractivity contribution in [2.24, 2.45) is 0 Å². The Balaban J connectivity index is 0.000000114. The van der Waals surface area contributed by atoms with Gasteiger partial charge in [-0.05, 0) is 186 Å². The summed E-state index contributed by atoms with van der Waals surface area (Å²) in [5.41, 5.74) is 15.0. The van der Waals surface area contributed by atoms with Crippen molar-refractivity contribution in [2.45, 2.75) is 112 Å². The van der Waals surface area contributed by atoms with E-state index in [4.69, 9.17) is 0 Å². The Kier molecular flexibility index (Phi) is 21.1. The number of nitrogens with zero attached hydrogens (tertiary/aromatic N) is 16. The molecule has 29 heteroatoms. The van der Waals surface area contributed by atoms with Gasteiger partial charge < -0.3 is 45.8 Å². The third-order valence-corrected chi connectivity index (χ3v) is 22.2. The van der Waals surface area contributed by atoms with E-state index >= 15 is 0 Å². The number of rotatable bonds is 16. The van der Waals surface area contributed by atoms with E-state index in [0.29, 0.717) is 62.5 Å². The molecule has 598 valence electrons. The summed E-state index contributed by atoms with van der Waals surface area (Å²) < 4.78 is 21.8. The molecule has 0 amide bonds. The standard InChI is InChI=1S/C24H22N6O.C23H19FN6O.C23H20N6O.C21H22N6O/c1-14-7-4-5-10-18(14)30-19(11-17-9-6-8-15(2)20(17)24(30)31)16(3)29-23-21-22(26-12-25-21)27-13-28-23;1-13-6-5-7-15-10-18(14(2)29-22-20-21(26-11-25-20)27-12-28-22)30(23(31)19(13)15)17-9-4-3-8-16(17)24;1-14-7-6-8-16-11-18(29(23(30)19(14)16)17-9-4-3-5-10-17)15(2)28-22-20-21(25-12-24-20)26-13-27-22;1-12-5-3-6-14-9-16(27(15-7-4-8-15)21(28)17(12)14)13(2)26-20-18-19(23-10-22-18)24-11-25-20/h4-13,16H,1-3H3,(H2,25,26,27,28,29);3-12,14H,1-2H3,(H2,25,26,27,28,29);3-13,15H,1-2H3,(H2,24,25,26,27,28);3,5-6,9-11,13,15H,4,7-8H2,1-2H3,(H2,22,23,24,25,26)/t;;15-;13-/m..00/s1. The van der Waals surface area contributed by atoms with E-state index in [9.17, 15) is 23.6 Å². The van der Waals surface area contributed by atoms with Crippen LogP contribution >= 0.6 is 0 Å². The first-order chi connectivity index (χ1) is 58.3. The van der Waals surface area contributed by atoms with Crippen molar-refractivity contribution in [2.75, 3.05) is 21.3 Å². The van der Waals surface area contributed by atoms with Gasteiger partial charge in [0.05, 0.1) is 82.4 Å². The van der Waals surface area contributed by atoms with Crippen molar-refractivity contribution < 1.29 is 4.39 Å². The molecular weight excluding hydrogens is 1510 g/mol. The lowest BCUT2D eigenvalue weighted by atomic mass is 9.91. The summed E-state index contributed by atoms with van der Waals surface area (Å²) in [4.78, 5) is 117. The molecule has 120 heavy (non-hydrogen) atoms. The fourth-order valence-corrected chi connectivity index (χ4v) is 15.9. The fourth-order valence-electron chi connectivity index (χ4n) is 15.9. The van der Waals surface area contributed by atoms with Crippen molar-refractivity contribution in [1.29, 1.82) is 0 Å². The van der Waals surface area contributed by atoms with Gasteiger partial charge in [-0.3, -0.25) is 32.9 Å². The van der Waals surface area contributed by atoms with Crippen LogP contribution in [-0.4, -0.2) is 98.0 Å². The van der Waals surface area contributed by atoms with Crippen LogP contribution < -0.4 is 43.5 Å². The van der Waals surface area contributed by atoms with Crippen LogP contribution in [0.3, 0.4) is 0 Å². The molecule has 0 spiro atoms. The number of nitrogens with one attached hydrogen (secondary N) is 8. The SMILES string of the molecule is Cc1cccc2cc(C(C)Nc3ncnc4nc[nH]c34)n(-c3ccccc3F)c(=O)c12.Cc1cccc2cc([C@H](C)Nc3ncnc4nc[nH]c34)n(-c3ccccc3)c(=O)c12.Cc1cccc2cc([C@H](C)Nc3ncnc4nc[nH]c34)n(C3CCC3)c(=O)c12.Cc1ccccc1-n1c(C(C)Nc2ncnc3nc[nH]c23)cc2cccc(C)c2c1=O. The molecule has 4 atom stereocenters. The van der Waals surface area contributed by atoms with E-state index < -0.39 is 5.82 Å². The second-order valence-corrected chi connectivity index (χ2v) is 29.9. The van der Waals surface area contributed by atoms with Gasteiger partial charge in [0.2, 0.25) is 0 Å². The van der Waals surface area contributed by atoms with Crippen molar-refractivity contribution in [3.63, 3.8) is 0 Å². The number of aryl methyl sites for hydroxylation is 5. The molecule has 7 aromatic carbocycles. The Labute approximate surface area is 684 Å². The van der Waals surface area contributed by atoms with Crippen LogP contribution in [-0.2, 0) is 0 Å². The minimum atomic E-state index is -0.469. The molecule has 1 aliphatic carbocycles. The number of hydrogen-bond donors (Lipinski definition) is 8. The summed E-state index contributed by atoms with van der Waals surface area (Å²) in [6, 6.07) is 55.1. The zero-order valence-electron chi connectivity index (χ0n) is 67.0. The number of imidazole rings is 4. The molecule has 12 heterocycles. The smallest absolute Gasteiger partial charge is 0.263 e. The minimum absolute atomic E-state index is 0.0251. The lowest BCUT2D eigenvalue weighted by Crippen LogP contribution is -2.33. The lowest BCUT2D eigenvalue weighted by molar-refractivity contribution is 0.298. The number of fused-ring (bicyclic) bond motifs is 8. The topological polar surface area (TPSA) is 354 Å². The van der Waals surface area contributed by atoms with Crippen molar-refractivity contribution in [3.05, 3.63) is 324 Å². The summed E-state index contributed by atoms with van der Waals surface area (Å²) in [6.07, 6.45) is 15.5. The van der Waals surface area contributed by atoms with Crippen LogP contribution in [0.2, 0.25) is 0 Å². The van der Waals surface area contributed by atoms with Crippen LogP contribution in [0.4, 0.5) is 27.7 Å². The van der Waals surface area contributed by atoms with Gasteiger partial charge in [-0.15, -0.1) is 0 Å². The molecule has 1 saturated carbocycles. The first-order valence-electron chi connectivity index (χ1n) is 39.4. The number of hydrogen-bond acceptors (Lipinski definition) is 20. The quantitative estimate of drug-likeness (QED) is 0.0445. The second-order valence-electron chi connectivity index (χ2n) is 29.9. The number of H-pyrrole nitrogens is 4. The number of para-hydroxylation sites is 3. The molecule has 2 unspecified atom stereocenters. The van der Waals surface area contributed by atoms with Gasteiger partial charge in [0.15, 0.2) is 45.9 Å². The first kappa shape index (κ1) is 77.3. The molecule has 0 bridgehead atoms. The van der Waals surface area contributed by atoms with Crippen LogP contribution in [0.5, 0.6) is 0 Å². The van der Waals surface area contributed by atoms with Gasteiger partial charge >= 0.3 is 0 Å². The molecule has 0 saturated heterocycles. The van der Waals surface area contributed by atoms with Crippen molar-refractivity contribution in [3.8, 4) is 17.1 Å². The summed E-state index contributed by atoms with van der Waals surface area (Å²) in [6.45, 7) is 17.9. The van der Waals surface area contributed by atoms with Crippen LogP contribution in [0.1, 0.15) is 128 Å². The largest absolute Gasteiger partial charge is 0.360 e. The van der Waals surface area contributed by atoms with E-state index in [0.717, 1.165) is 123 Å². The number of anilines is 4. The molecule has 1 fully saturated rings. The Hall–Kier alpha value is -15.3. The molecule has 8 N–H and O–H groups in total. The van der Waals surface area contributed by atoms with Crippen LogP contribution in [0, 0.1) is 40.4 Å². The van der Waals surface area contributed by atoms with E-state index in [-0.39, 0.29) is 58.1 Å². The Morgan fingerprint density at radius 2 is 0.658 bits per heavy atom. The molecular formula is C91H83FN24O4. The Bertz CT molecular complexity index is 7140. The second kappa shape index (κ2) is 32.8. The number of aromatic amines is 4. The van der Waals surface area contributed by atoms with Gasteiger partial charge in [-0.1, -0.05) is 121 Å². The highest BCUT2D eigenvalue weighted by molar-refractivity contribution is 5.91. The van der Waals surface area contributed by atoms with Crippen LogP contribution in [0.25, 0.3) is 105 Å². The number of pyridine rings is 4. The molecule has 0 radical (unpaired) electrons. The molecule has 1 aliphatic rings. The zero-order valence-corrected chi connectivity index (χ0v) is 67.0. The van der Waals surface area contributed by atoms with E-state index in [1.807, 2.05) is 198 Å². The summed E-state index contributed by atoms with van der Waals surface area (Å²) in [7, 11) is 0. The lowest BCUT2D eigenvalue weighted by Gasteiger charge is -2.32. The maximum Gasteiger partial charge on any atom is 0.263 e. The van der Waals surface area contributed by atoms with Crippen LogP contribution in [0.15, 0.2) is 246 Å². The maximum absolute atomic E-state index is 14.8. The average Bonchev–Trinajstić information content (AvgIpc) is 0.845. The minimum Gasteiger partial charge on any atom is -0.360 e. The summed E-state index contributed by atoms with van der Waals surface area (Å²) in [5.74, 6) is 2.05. The molecule has 28 nitrogen and oxygen atoms in total. The Morgan fingerprint density at radius 3 is 1.03 bits per heavy atom. The van der Waals surface area contributed by atoms with Gasteiger partial charge in [0, 0.05) is 34.5 Å². The van der Waals surface area contributed by atoms with Gasteiger partial charge in [0.25, 0.3) is 22.2 Å². The number of benzene rings is 7. The van der Waals surface area contributed by atoms with E-state index in [2.05, 4.69) is 126 Å². The van der Waals surface area contributed by atoms with Gasteiger partial charge in [-0.2, -0.15) is 0 Å². The van der Waals surface area contributed by atoms with Gasteiger partial charge in [0.1, 0.15) is 53.2 Å². The van der Waals surface area contributed by atoms with E-state index in [1.165, 1.54) is 42.4 Å². The maximum atomic E-state index is 14.8. The van der Waals surface area contributed by atoms with Crippen molar-refractivity contribution >= 4 is 111 Å². The fraction of sp³-hybridized carbons (Fsp3) is 0.187. The number of aromatic nitrogens is 20. The summed E-state index contributed by atoms with van der Waals surface area (Å²) >= 11 is 0. The zero-order chi connectivity index (χ0) is 83.0. The summed E-state index contributed by atoms with van der Waals surface area (Å²) in [5, 5.41) is 20.1. The van der Waals surface area contributed by atoms with Crippen molar-refractivity contribution in [1.82, 2.24) is 98.0 Å². The third kappa shape index (κ3) is 14.7. The first-order valence-corrected chi connectivity index (χ1v) is 39.4. The number of halogens is 1. The molecule has 0 aliphatic heterocycles. The highest BCUT2D eigenvalue weighted by Crippen LogP contribution is 2.37. The predicted molar refractivity (Wildman–Crippen MR) is 468 cm³/mol. The molecule has 12 aromatic heterocycles. The van der Waals surface area contributed by atoms with E-state index in [1.54, 1.807) is 48.1 Å². The van der Waals surface area contributed by atoms with Gasteiger partial charge in [-0.25, -0.2) is 64.2 Å². The normalized spacial score (nSPS) is 13.1. The molecule has 20 rings (SSSR count). The monoisotopic (exact) mass is 1590 g/mol. The molecule has 19 aromatic rings.